The number of esters is 2. The topological polar surface area (TPSA) is 133 Å². The summed E-state index contributed by atoms with van der Waals surface area (Å²) in [6, 6.07) is 11.9. The number of ether oxygens (including phenoxy) is 2. The Kier molecular flexibility index (Phi) is 41.4. The number of carboxylic acids is 2. The Balaban J connectivity index is -0.000000771. The standard InChI is InChI=1S/2C18H26O4.2C4H9.Sn/c2*1-2-3-4-5-6-7-8-11-14-22-18(21)16-13-10-9-12-15(16)17(19)20;2*1-3-4-2;/h2*9-10,12-13H,2-8,11,14H2,1H3,(H,19,20);2*1,3-4H2,2H3;/q;;;;+2/p-2. The zero-order valence-corrected chi connectivity index (χ0v) is 36.2. The number of carbonyl (C=O) groups excluding carboxylic acids is 4. The van der Waals surface area contributed by atoms with Crippen LogP contribution in [-0.2, 0) is 9.47 Å². The smallest absolute Gasteiger partial charge is 0.545 e. The molecule has 9 heteroatoms. The summed E-state index contributed by atoms with van der Waals surface area (Å²) in [4.78, 5) is 45.6. The molecule has 0 unspecified atom stereocenters. The summed E-state index contributed by atoms with van der Waals surface area (Å²) in [5, 5.41) is 21.9. The molecule has 0 aliphatic heterocycles. The Labute approximate surface area is 339 Å². The molecule has 0 aliphatic carbocycles. The summed E-state index contributed by atoms with van der Waals surface area (Å²) in [6.07, 6.45) is 23.2. The minimum absolute atomic E-state index is 0. The van der Waals surface area contributed by atoms with Crippen LogP contribution in [0.15, 0.2) is 48.5 Å². The van der Waals surface area contributed by atoms with E-state index in [2.05, 4.69) is 41.5 Å². The molecule has 0 atom stereocenters. The minimum Gasteiger partial charge on any atom is -0.545 e. The molecule has 296 valence electrons. The monoisotopic (exact) mass is 844 g/mol. The van der Waals surface area contributed by atoms with Crippen molar-refractivity contribution in [2.45, 2.75) is 156 Å². The normalized spacial score (nSPS) is 9.77. The first-order chi connectivity index (χ1) is 25.2. The molecule has 53 heavy (non-hydrogen) atoms. The Morgan fingerprint density at radius 3 is 0.943 bits per heavy atom. The van der Waals surface area contributed by atoms with E-state index in [0.717, 1.165) is 51.4 Å². The van der Waals surface area contributed by atoms with Gasteiger partial charge in [-0.15, -0.1) is 0 Å². The molecule has 0 bridgehead atoms. The Morgan fingerprint density at radius 2 is 0.698 bits per heavy atom. The van der Waals surface area contributed by atoms with Crippen LogP contribution in [0.1, 0.15) is 198 Å². The van der Waals surface area contributed by atoms with Crippen molar-refractivity contribution in [1.29, 1.82) is 0 Å². The van der Waals surface area contributed by atoms with Gasteiger partial charge in [0.2, 0.25) is 0 Å². The number of benzene rings is 2. The second-order valence-electron chi connectivity index (χ2n) is 12.6. The van der Waals surface area contributed by atoms with Crippen molar-refractivity contribution in [3.63, 3.8) is 0 Å². The van der Waals surface area contributed by atoms with Crippen molar-refractivity contribution < 1.29 is 38.9 Å². The van der Waals surface area contributed by atoms with Crippen LogP contribution in [-0.4, -0.2) is 61.0 Å². The maximum Gasteiger partial charge on any atom is 2.00 e. The summed E-state index contributed by atoms with van der Waals surface area (Å²) in [5.41, 5.74) is -0.129. The fraction of sp³-hybridized carbons (Fsp3) is 0.591. The molecule has 0 amide bonds. The van der Waals surface area contributed by atoms with Crippen LogP contribution in [0.25, 0.3) is 0 Å². The molecule has 0 saturated carbocycles. The third-order valence-corrected chi connectivity index (χ3v) is 7.90. The molecule has 0 aliphatic rings. The summed E-state index contributed by atoms with van der Waals surface area (Å²) < 4.78 is 10.3. The van der Waals surface area contributed by atoms with Crippen LogP contribution < -0.4 is 10.2 Å². The van der Waals surface area contributed by atoms with Crippen LogP contribution in [0.5, 0.6) is 0 Å². The predicted octanol–water partition coefficient (Wildman–Crippen LogP) is 9.56. The molecule has 0 fully saturated rings. The van der Waals surface area contributed by atoms with Crippen molar-refractivity contribution in [2.75, 3.05) is 13.2 Å². The van der Waals surface area contributed by atoms with Crippen LogP contribution in [0, 0.1) is 13.8 Å². The summed E-state index contributed by atoms with van der Waals surface area (Å²) >= 11 is 0. The maximum absolute atomic E-state index is 11.9. The van der Waals surface area contributed by atoms with Gasteiger partial charge in [0.15, 0.2) is 0 Å². The summed E-state index contributed by atoms with van der Waals surface area (Å²) in [6.45, 7) is 16.5. The van der Waals surface area contributed by atoms with E-state index in [1.165, 1.54) is 101 Å². The van der Waals surface area contributed by atoms with E-state index in [-0.39, 0.29) is 46.2 Å². The van der Waals surface area contributed by atoms with Gasteiger partial charge < -0.3 is 29.3 Å². The molecule has 0 heterocycles. The number of rotatable bonds is 24. The number of hydrogen-bond donors (Lipinski definition) is 0. The van der Waals surface area contributed by atoms with Gasteiger partial charge in [-0.3, -0.25) is 0 Å². The average molecular weight is 844 g/mol. The van der Waals surface area contributed by atoms with Gasteiger partial charge in [0, 0.05) is 11.1 Å². The quantitative estimate of drug-likeness (QED) is 0.0580. The summed E-state index contributed by atoms with van der Waals surface area (Å²) in [5.74, 6) is -3.91. The van der Waals surface area contributed by atoms with E-state index in [9.17, 15) is 29.4 Å². The third-order valence-electron chi connectivity index (χ3n) is 7.90. The number of unbranched alkanes of at least 4 members (excludes halogenated alkanes) is 16. The van der Waals surface area contributed by atoms with E-state index in [1.54, 1.807) is 24.3 Å². The molecular weight excluding hydrogens is 775 g/mol. The minimum atomic E-state index is -1.36. The SMILES string of the molecule is CCCCCCCCCCOC(=O)c1ccccc1C(=O)[O-].CCCCCCCCCCOC(=O)c1ccccc1C(=O)[O-].[CH2]CCC.[CH2]CCC.[Sn+2]. The van der Waals surface area contributed by atoms with Gasteiger partial charge in [0.1, 0.15) is 0 Å². The molecule has 0 N–H and O–H groups in total. The largest absolute Gasteiger partial charge is 2.00 e. The van der Waals surface area contributed by atoms with Crippen LogP contribution in [0.2, 0.25) is 0 Å². The van der Waals surface area contributed by atoms with Gasteiger partial charge >= 0.3 is 35.8 Å². The van der Waals surface area contributed by atoms with Gasteiger partial charge in [-0.1, -0.05) is 194 Å². The van der Waals surface area contributed by atoms with E-state index in [4.69, 9.17) is 9.47 Å². The van der Waals surface area contributed by atoms with E-state index in [1.807, 2.05) is 0 Å². The first-order valence-electron chi connectivity index (χ1n) is 19.7. The number of carboxylic acid groups (broad SMARTS) is 2. The average Bonchev–Trinajstić information content (AvgIpc) is 3.16. The third kappa shape index (κ3) is 31.2. The predicted molar refractivity (Wildman–Crippen MR) is 214 cm³/mol. The van der Waals surface area contributed by atoms with E-state index < -0.39 is 23.9 Å². The summed E-state index contributed by atoms with van der Waals surface area (Å²) in [7, 11) is 0. The first kappa shape index (κ1) is 54.5. The van der Waals surface area contributed by atoms with Crippen molar-refractivity contribution in [2.24, 2.45) is 0 Å². The molecule has 2 aromatic carbocycles. The van der Waals surface area contributed by atoms with Gasteiger partial charge in [-0.25, -0.2) is 9.59 Å². The molecule has 0 aromatic heterocycles. The molecule has 2 aromatic rings. The van der Waals surface area contributed by atoms with Crippen LogP contribution in [0.4, 0.5) is 0 Å². The van der Waals surface area contributed by atoms with Crippen molar-refractivity contribution in [3.8, 4) is 0 Å². The molecule has 8 nitrogen and oxygen atoms in total. The van der Waals surface area contributed by atoms with E-state index >= 15 is 0 Å². The van der Waals surface area contributed by atoms with Gasteiger partial charge in [0.05, 0.1) is 36.3 Å². The van der Waals surface area contributed by atoms with Gasteiger partial charge in [0.25, 0.3) is 0 Å². The molecule has 4 radical (unpaired) electrons. The molecule has 0 saturated heterocycles. The second kappa shape index (κ2) is 40.3. The van der Waals surface area contributed by atoms with Crippen molar-refractivity contribution in [1.82, 2.24) is 0 Å². The molecule has 0 spiro atoms. The Bertz CT molecular complexity index is 1090. The number of hydrogen-bond acceptors (Lipinski definition) is 8. The fourth-order valence-electron chi connectivity index (χ4n) is 4.64. The second-order valence-corrected chi connectivity index (χ2v) is 12.6. The number of carbonyl (C=O) groups is 4. The van der Waals surface area contributed by atoms with Gasteiger partial charge in [-0.05, 0) is 25.0 Å². The first-order valence-corrected chi connectivity index (χ1v) is 19.7. The zero-order chi connectivity index (χ0) is 39.2. The Morgan fingerprint density at radius 1 is 0.453 bits per heavy atom. The Hall–Kier alpha value is -2.88. The fourth-order valence-corrected chi connectivity index (χ4v) is 4.64. The number of aromatic carboxylic acids is 2. The molecular formula is C44H68O8Sn. The molecule has 2 rings (SSSR count). The van der Waals surface area contributed by atoms with Crippen molar-refractivity contribution >= 4 is 47.8 Å². The van der Waals surface area contributed by atoms with Crippen LogP contribution in [0.3, 0.4) is 0 Å². The van der Waals surface area contributed by atoms with E-state index in [0.29, 0.717) is 13.2 Å². The van der Waals surface area contributed by atoms with Crippen LogP contribution >= 0.6 is 0 Å². The maximum atomic E-state index is 11.9. The van der Waals surface area contributed by atoms with Crippen molar-refractivity contribution in [3.05, 3.63) is 84.6 Å². The zero-order valence-electron chi connectivity index (χ0n) is 33.4. The van der Waals surface area contributed by atoms with Gasteiger partial charge in [-0.2, -0.15) is 0 Å².